The molecule has 0 saturated carbocycles. The summed E-state index contributed by atoms with van der Waals surface area (Å²) in [6, 6.07) is 13.3. The predicted octanol–water partition coefficient (Wildman–Crippen LogP) is 3.36. The third kappa shape index (κ3) is 3.35. The number of hydrogen-bond acceptors (Lipinski definition) is 3. The minimum atomic E-state index is -0.944. The van der Waals surface area contributed by atoms with Crippen LogP contribution in [0.1, 0.15) is 21.5 Å². The largest absolute Gasteiger partial charge is 0.478 e. The van der Waals surface area contributed by atoms with E-state index in [1.165, 1.54) is 6.07 Å². The lowest BCUT2D eigenvalue weighted by atomic mass is 10.1. The zero-order valence-electron chi connectivity index (χ0n) is 12.3. The number of fused-ring (bicyclic) bond motifs is 1. The maximum atomic E-state index is 13.8. The van der Waals surface area contributed by atoms with Crippen LogP contribution >= 0.6 is 0 Å². The van der Waals surface area contributed by atoms with Crippen LogP contribution in [-0.2, 0) is 13.1 Å². The average molecular weight is 310 g/mol. The van der Waals surface area contributed by atoms with Gasteiger partial charge in [-0.2, -0.15) is 0 Å². The van der Waals surface area contributed by atoms with Crippen molar-refractivity contribution in [3.05, 3.63) is 77.2 Å². The molecule has 0 amide bonds. The van der Waals surface area contributed by atoms with E-state index in [1.807, 2.05) is 6.07 Å². The molecule has 0 saturated heterocycles. The van der Waals surface area contributed by atoms with Gasteiger partial charge >= 0.3 is 5.97 Å². The Morgan fingerprint density at radius 3 is 2.83 bits per heavy atom. The van der Waals surface area contributed by atoms with Crippen molar-refractivity contribution in [1.29, 1.82) is 0 Å². The minimum Gasteiger partial charge on any atom is -0.478 e. The molecule has 0 radical (unpaired) electrons. The Balaban J connectivity index is 1.73. The van der Waals surface area contributed by atoms with Crippen molar-refractivity contribution in [1.82, 2.24) is 10.3 Å². The van der Waals surface area contributed by atoms with E-state index in [-0.39, 0.29) is 11.4 Å². The van der Waals surface area contributed by atoms with Gasteiger partial charge in [-0.25, -0.2) is 9.18 Å². The van der Waals surface area contributed by atoms with E-state index in [1.54, 1.807) is 42.6 Å². The summed E-state index contributed by atoms with van der Waals surface area (Å²) in [7, 11) is 0. The molecule has 116 valence electrons. The first-order chi connectivity index (χ1) is 11.1. The zero-order valence-corrected chi connectivity index (χ0v) is 12.3. The summed E-state index contributed by atoms with van der Waals surface area (Å²) in [4.78, 5) is 15.2. The SMILES string of the molecule is O=C(O)c1cccc(CNCc2ccc(F)c3cccnc23)c1. The van der Waals surface area contributed by atoms with Crippen LogP contribution in [0.25, 0.3) is 10.9 Å². The van der Waals surface area contributed by atoms with E-state index in [4.69, 9.17) is 5.11 Å². The number of nitrogens with zero attached hydrogens (tertiary/aromatic N) is 1. The standard InChI is InChI=1S/C18H15FN2O2/c19-16-7-6-14(17-15(16)5-2-8-21-17)11-20-10-12-3-1-4-13(9-12)18(22)23/h1-9,20H,10-11H2,(H,22,23). The third-order valence-electron chi connectivity index (χ3n) is 3.62. The van der Waals surface area contributed by atoms with Crippen LogP contribution in [0.2, 0.25) is 0 Å². The molecule has 0 aliphatic rings. The van der Waals surface area contributed by atoms with Crippen LogP contribution in [0.3, 0.4) is 0 Å². The van der Waals surface area contributed by atoms with Crippen LogP contribution in [0.15, 0.2) is 54.7 Å². The Bertz CT molecular complexity index is 865. The molecule has 1 heterocycles. The molecule has 0 atom stereocenters. The van der Waals surface area contributed by atoms with Gasteiger partial charge in [0.05, 0.1) is 11.1 Å². The first-order valence-corrected chi connectivity index (χ1v) is 7.20. The molecule has 3 rings (SSSR count). The van der Waals surface area contributed by atoms with Gasteiger partial charge in [-0.3, -0.25) is 4.98 Å². The molecule has 2 N–H and O–H groups in total. The lowest BCUT2D eigenvalue weighted by Gasteiger charge is -2.09. The van der Waals surface area contributed by atoms with E-state index >= 15 is 0 Å². The lowest BCUT2D eigenvalue weighted by molar-refractivity contribution is 0.0696. The van der Waals surface area contributed by atoms with Gasteiger partial charge in [-0.1, -0.05) is 18.2 Å². The zero-order chi connectivity index (χ0) is 16.2. The van der Waals surface area contributed by atoms with Crippen molar-refractivity contribution in [3.63, 3.8) is 0 Å². The molecular weight excluding hydrogens is 295 g/mol. The summed E-state index contributed by atoms with van der Waals surface area (Å²) in [6.07, 6.45) is 1.64. The van der Waals surface area contributed by atoms with Crippen LogP contribution in [0, 0.1) is 5.82 Å². The predicted molar refractivity (Wildman–Crippen MR) is 85.6 cm³/mol. The number of carboxylic acids is 1. The molecule has 0 spiro atoms. The first-order valence-electron chi connectivity index (χ1n) is 7.20. The highest BCUT2D eigenvalue weighted by atomic mass is 19.1. The van der Waals surface area contributed by atoms with E-state index in [2.05, 4.69) is 10.3 Å². The van der Waals surface area contributed by atoms with E-state index < -0.39 is 5.97 Å². The van der Waals surface area contributed by atoms with Gasteiger partial charge in [0.2, 0.25) is 0 Å². The van der Waals surface area contributed by atoms with Gasteiger partial charge in [0, 0.05) is 24.7 Å². The Morgan fingerprint density at radius 1 is 1.13 bits per heavy atom. The Morgan fingerprint density at radius 2 is 2.00 bits per heavy atom. The fourth-order valence-corrected chi connectivity index (χ4v) is 2.49. The number of nitrogens with one attached hydrogen (secondary N) is 1. The van der Waals surface area contributed by atoms with E-state index in [9.17, 15) is 9.18 Å². The second kappa shape index (κ2) is 6.54. The minimum absolute atomic E-state index is 0.262. The molecule has 0 bridgehead atoms. The second-order valence-corrected chi connectivity index (χ2v) is 5.22. The van der Waals surface area contributed by atoms with E-state index in [0.29, 0.717) is 24.0 Å². The molecule has 5 heteroatoms. The normalized spacial score (nSPS) is 10.8. The topological polar surface area (TPSA) is 62.2 Å². The average Bonchev–Trinajstić information content (AvgIpc) is 2.57. The van der Waals surface area contributed by atoms with Crippen molar-refractivity contribution in [2.24, 2.45) is 0 Å². The van der Waals surface area contributed by atoms with Crippen LogP contribution in [0.4, 0.5) is 4.39 Å². The highest BCUT2D eigenvalue weighted by molar-refractivity contribution is 5.87. The number of hydrogen-bond donors (Lipinski definition) is 2. The second-order valence-electron chi connectivity index (χ2n) is 5.22. The number of aromatic carboxylic acids is 1. The molecule has 23 heavy (non-hydrogen) atoms. The number of carbonyl (C=O) groups is 1. The van der Waals surface area contributed by atoms with Crippen molar-refractivity contribution in [2.75, 3.05) is 0 Å². The molecule has 2 aromatic carbocycles. The Kier molecular flexibility index (Phi) is 4.30. The summed E-state index contributed by atoms with van der Waals surface area (Å²) in [5, 5.41) is 12.7. The summed E-state index contributed by atoms with van der Waals surface area (Å²) in [5.74, 6) is -1.23. The lowest BCUT2D eigenvalue weighted by Crippen LogP contribution is -2.13. The molecule has 0 unspecified atom stereocenters. The molecular formula is C18H15FN2O2. The van der Waals surface area contributed by atoms with Gasteiger partial charge in [-0.05, 0) is 41.5 Å². The number of carboxylic acid groups (broad SMARTS) is 1. The maximum Gasteiger partial charge on any atom is 0.335 e. The highest BCUT2D eigenvalue weighted by Crippen LogP contribution is 2.19. The molecule has 0 fully saturated rings. The van der Waals surface area contributed by atoms with Crippen LogP contribution in [-0.4, -0.2) is 16.1 Å². The van der Waals surface area contributed by atoms with Crippen molar-refractivity contribution in [2.45, 2.75) is 13.1 Å². The van der Waals surface area contributed by atoms with Gasteiger partial charge in [0.1, 0.15) is 5.82 Å². The van der Waals surface area contributed by atoms with Gasteiger partial charge in [0.15, 0.2) is 0 Å². The summed E-state index contributed by atoms with van der Waals surface area (Å²) in [6.45, 7) is 1.04. The van der Waals surface area contributed by atoms with Gasteiger partial charge in [-0.15, -0.1) is 0 Å². The summed E-state index contributed by atoms with van der Waals surface area (Å²) in [5.41, 5.74) is 2.68. The van der Waals surface area contributed by atoms with Gasteiger partial charge < -0.3 is 10.4 Å². The molecule has 4 nitrogen and oxygen atoms in total. The molecule has 0 aliphatic carbocycles. The number of pyridine rings is 1. The quantitative estimate of drug-likeness (QED) is 0.758. The summed E-state index contributed by atoms with van der Waals surface area (Å²) >= 11 is 0. The van der Waals surface area contributed by atoms with E-state index in [0.717, 1.165) is 11.1 Å². The smallest absolute Gasteiger partial charge is 0.335 e. The molecule has 1 aromatic heterocycles. The summed E-state index contributed by atoms with van der Waals surface area (Å²) < 4.78 is 13.8. The monoisotopic (exact) mass is 310 g/mol. The molecule has 3 aromatic rings. The highest BCUT2D eigenvalue weighted by Gasteiger charge is 2.07. The number of benzene rings is 2. The number of halogens is 1. The first kappa shape index (κ1) is 15.1. The van der Waals surface area contributed by atoms with Gasteiger partial charge in [0.25, 0.3) is 0 Å². The molecule has 0 aliphatic heterocycles. The number of aromatic nitrogens is 1. The maximum absolute atomic E-state index is 13.8. The number of rotatable bonds is 5. The van der Waals surface area contributed by atoms with Crippen LogP contribution in [0.5, 0.6) is 0 Å². The van der Waals surface area contributed by atoms with Crippen molar-refractivity contribution < 1.29 is 14.3 Å². The van der Waals surface area contributed by atoms with Crippen molar-refractivity contribution >= 4 is 16.9 Å². The fourth-order valence-electron chi connectivity index (χ4n) is 2.49. The Labute approximate surface area is 132 Å². The fraction of sp³-hybridized carbons (Fsp3) is 0.111. The third-order valence-corrected chi connectivity index (χ3v) is 3.62. The van der Waals surface area contributed by atoms with Crippen molar-refractivity contribution in [3.8, 4) is 0 Å². The van der Waals surface area contributed by atoms with Crippen LogP contribution < -0.4 is 5.32 Å². The Hall–Kier alpha value is -2.79.